The highest BCUT2D eigenvalue weighted by Crippen LogP contribution is 2.25. The number of amides is 4. The molecule has 0 unspecified atom stereocenters. The Labute approximate surface area is 296 Å². The number of piperidine rings is 2. The van der Waals surface area contributed by atoms with Crippen molar-refractivity contribution in [1.29, 1.82) is 5.41 Å². The summed E-state index contributed by atoms with van der Waals surface area (Å²) in [5.41, 5.74) is 6.59. The standard InChI is InChI=1S/C37H57N7O6/c38-34(39)29-10-12-30(13-11-29)35(46)41-26-28-16-20-43(21-17-28)36(47)49-31-5-2-7-32(8-3-6-31)50-37(48)44-24-22-42(23-25-44)33(45)9-1-4-27-14-18-40-19-15-27/h10-13,27-28,31-32,40H,1-9,14-26H2,(H3,38,39)(H,41,46). The third-order valence-electron chi connectivity index (χ3n) is 10.9. The number of likely N-dealkylation sites (tertiary alicyclic amines) is 1. The number of nitrogen functional groups attached to an aromatic ring is 1. The predicted molar refractivity (Wildman–Crippen MR) is 190 cm³/mol. The molecule has 4 fully saturated rings. The fourth-order valence-electron chi connectivity index (χ4n) is 7.57. The number of rotatable bonds is 10. The molecule has 276 valence electrons. The first-order valence-electron chi connectivity index (χ1n) is 18.9. The third-order valence-corrected chi connectivity index (χ3v) is 10.9. The molecule has 4 aliphatic rings. The molecule has 0 atom stereocenters. The van der Waals surface area contributed by atoms with Crippen LogP contribution in [0.15, 0.2) is 24.3 Å². The summed E-state index contributed by atoms with van der Waals surface area (Å²) in [6.45, 7) is 6.04. The van der Waals surface area contributed by atoms with Crippen LogP contribution in [0.3, 0.4) is 0 Å². The largest absolute Gasteiger partial charge is 0.446 e. The van der Waals surface area contributed by atoms with E-state index in [0.29, 0.717) is 63.4 Å². The van der Waals surface area contributed by atoms with Gasteiger partial charge in [-0.05, 0) is 114 Å². The van der Waals surface area contributed by atoms with E-state index in [2.05, 4.69) is 10.6 Å². The number of ether oxygens (including phenoxy) is 2. The zero-order chi connectivity index (χ0) is 35.3. The summed E-state index contributed by atoms with van der Waals surface area (Å²) < 4.78 is 11.8. The van der Waals surface area contributed by atoms with Gasteiger partial charge in [0, 0.05) is 63.4 Å². The lowest BCUT2D eigenvalue weighted by Crippen LogP contribution is -2.51. The molecule has 13 nitrogen and oxygen atoms in total. The van der Waals surface area contributed by atoms with Gasteiger partial charge in [0.2, 0.25) is 5.91 Å². The van der Waals surface area contributed by atoms with E-state index in [9.17, 15) is 19.2 Å². The van der Waals surface area contributed by atoms with E-state index in [4.69, 9.17) is 20.6 Å². The van der Waals surface area contributed by atoms with Crippen molar-refractivity contribution < 1.29 is 28.7 Å². The third kappa shape index (κ3) is 11.3. The van der Waals surface area contributed by atoms with Gasteiger partial charge in [-0.3, -0.25) is 15.0 Å². The lowest BCUT2D eigenvalue weighted by molar-refractivity contribution is -0.133. The van der Waals surface area contributed by atoms with Gasteiger partial charge in [0.05, 0.1) is 0 Å². The summed E-state index contributed by atoms with van der Waals surface area (Å²) in [7, 11) is 0. The minimum atomic E-state index is -0.289. The Balaban J connectivity index is 0.922. The molecule has 3 aliphatic heterocycles. The Bertz CT molecular complexity index is 1280. The molecule has 1 aromatic carbocycles. The van der Waals surface area contributed by atoms with Crippen LogP contribution >= 0.6 is 0 Å². The Morgan fingerprint density at radius 2 is 1.24 bits per heavy atom. The second-order valence-electron chi connectivity index (χ2n) is 14.5. The predicted octanol–water partition coefficient (Wildman–Crippen LogP) is 4.09. The van der Waals surface area contributed by atoms with E-state index in [1.165, 1.54) is 12.8 Å². The Hall–Kier alpha value is -3.87. The molecule has 1 aliphatic carbocycles. The smallest absolute Gasteiger partial charge is 0.410 e. The van der Waals surface area contributed by atoms with Gasteiger partial charge in [-0.1, -0.05) is 12.1 Å². The zero-order valence-electron chi connectivity index (χ0n) is 29.5. The van der Waals surface area contributed by atoms with Gasteiger partial charge in [0.15, 0.2) is 0 Å². The van der Waals surface area contributed by atoms with Crippen molar-refractivity contribution in [3.05, 3.63) is 35.4 Å². The van der Waals surface area contributed by atoms with E-state index in [-0.39, 0.29) is 48.0 Å². The second kappa shape index (κ2) is 18.9. The number of amidine groups is 1. The normalized spacial score (nSPS) is 22.6. The molecular formula is C37H57N7O6. The van der Waals surface area contributed by atoms with Crippen molar-refractivity contribution >= 4 is 29.8 Å². The van der Waals surface area contributed by atoms with Crippen LogP contribution in [0, 0.1) is 17.2 Å². The van der Waals surface area contributed by atoms with Gasteiger partial charge in [-0.2, -0.15) is 0 Å². The molecule has 5 rings (SSSR count). The van der Waals surface area contributed by atoms with Crippen LogP contribution in [0.1, 0.15) is 99.4 Å². The molecule has 50 heavy (non-hydrogen) atoms. The number of benzene rings is 1. The number of nitrogens with one attached hydrogen (secondary N) is 3. The first kappa shape index (κ1) is 37.4. The maximum Gasteiger partial charge on any atom is 0.410 e. The summed E-state index contributed by atoms with van der Waals surface area (Å²) in [5, 5.41) is 13.9. The molecule has 5 N–H and O–H groups in total. The molecule has 0 radical (unpaired) electrons. The van der Waals surface area contributed by atoms with Crippen LogP contribution < -0.4 is 16.4 Å². The van der Waals surface area contributed by atoms with E-state index in [1.54, 1.807) is 34.1 Å². The second-order valence-corrected chi connectivity index (χ2v) is 14.5. The summed E-state index contributed by atoms with van der Waals surface area (Å²) in [6.07, 6.45) is 10.4. The maximum atomic E-state index is 13.0. The highest BCUT2D eigenvalue weighted by Gasteiger charge is 2.30. The van der Waals surface area contributed by atoms with Crippen LogP contribution in [0.2, 0.25) is 0 Å². The maximum absolute atomic E-state index is 13.0. The first-order valence-corrected chi connectivity index (χ1v) is 18.9. The van der Waals surface area contributed by atoms with E-state index in [1.807, 2.05) is 4.90 Å². The quantitative estimate of drug-likeness (QED) is 0.210. The number of hydrogen-bond acceptors (Lipinski definition) is 8. The Morgan fingerprint density at radius 3 is 1.80 bits per heavy atom. The Morgan fingerprint density at radius 1 is 0.720 bits per heavy atom. The minimum absolute atomic E-state index is 0.0338. The number of piperazine rings is 1. The summed E-state index contributed by atoms with van der Waals surface area (Å²) in [4.78, 5) is 56.6. The van der Waals surface area contributed by atoms with Crippen LogP contribution in [-0.2, 0) is 14.3 Å². The van der Waals surface area contributed by atoms with Gasteiger partial charge in [0.1, 0.15) is 18.0 Å². The molecule has 1 saturated carbocycles. The highest BCUT2D eigenvalue weighted by molar-refractivity contribution is 5.98. The summed E-state index contributed by atoms with van der Waals surface area (Å²) in [5.74, 6) is 1.02. The summed E-state index contributed by atoms with van der Waals surface area (Å²) >= 11 is 0. The lowest BCUT2D eigenvalue weighted by atomic mass is 9.92. The molecule has 0 bridgehead atoms. The fraction of sp³-hybridized carbons (Fsp3) is 0.703. The SMILES string of the molecule is N=C(N)c1ccc(C(=O)NCC2CCN(C(=O)OC3CCCC(OC(=O)N4CCN(C(=O)CCCC5CCNCC5)CC4)CCC3)CC2)cc1. The zero-order valence-corrected chi connectivity index (χ0v) is 29.5. The summed E-state index contributed by atoms with van der Waals surface area (Å²) in [6, 6.07) is 6.66. The topological polar surface area (TPSA) is 170 Å². The first-order chi connectivity index (χ1) is 24.2. The van der Waals surface area contributed by atoms with Crippen molar-refractivity contribution in [1.82, 2.24) is 25.3 Å². The van der Waals surface area contributed by atoms with Crippen molar-refractivity contribution in [3.8, 4) is 0 Å². The number of hydrogen-bond donors (Lipinski definition) is 4. The van der Waals surface area contributed by atoms with Crippen LogP contribution in [0.25, 0.3) is 0 Å². The molecule has 4 amide bonds. The molecule has 0 spiro atoms. The van der Waals surface area contributed by atoms with E-state index < -0.39 is 0 Å². The van der Waals surface area contributed by atoms with Crippen LogP contribution in [0.5, 0.6) is 0 Å². The fourth-order valence-corrected chi connectivity index (χ4v) is 7.57. The molecular weight excluding hydrogens is 638 g/mol. The number of carbonyl (C=O) groups is 4. The van der Waals surface area contributed by atoms with Gasteiger partial charge in [-0.15, -0.1) is 0 Å². The number of carbonyl (C=O) groups excluding carboxylic acids is 4. The van der Waals surface area contributed by atoms with Crippen molar-refractivity contribution in [2.75, 3.05) is 58.9 Å². The lowest BCUT2D eigenvalue weighted by Gasteiger charge is -2.35. The van der Waals surface area contributed by atoms with E-state index in [0.717, 1.165) is 83.2 Å². The molecule has 1 aromatic rings. The van der Waals surface area contributed by atoms with Crippen molar-refractivity contribution in [2.45, 2.75) is 95.7 Å². The van der Waals surface area contributed by atoms with Gasteiger partial charge in [0.25, 0.3) is 5.91 Å². The molecule has 0 aromatic heterocycles. The van der Waals surface area contributed by atoms with Gasteiger partial charge < -0.3 is 40.5 Å². The van der Waals surface area contributed by atoms with E-state index >= 15 is 0 Å². The molecule has 3 heterocycles. The number of nitrogens with two attached hydrogens (primary N) is 1. The minimum Gasteiger partial charge on any atom is -0.446 e. The monoisotopic (exact) mass is 695 g/mol. The van der Waals surface area contributed by atoms with Crippen molar-refractivity contribution in [2.24, 2.45) is 17.6 Å². The highest BCUT2D eigenvalue weighted by atomic mass is 16.6. The Kier molecular flexibility index (Phi) is 14.2. The van der Waals surface area contributed by atoms with Crippen molar-refractivity contribution in [3.63, 3.8) is 0 Å². The number of nitrogens with zero attached hydrogens (tertiary/aromatic N) is 3. The average molecular weight is 696 g/mol. The molecule has 13 heteroatoms. The van der Waals surface area contributed by atoms with Gasteiger partial charge in [-0.25, -0.2) is 9.59 Å². The van der Waals surface area contributed by atoms with Crippen LogP contribution in [0.4, 0.5) is 9.59 Å². The van der Waals surface area contributed by atoms with Gasteiger partial charge >= 0.3 is 12.2 Å². The average Bonchev–Trinajstić information content (AvgIpc) is 3.13. The van der Waals surface area contributed by atoms with Crippen LogP contribution in [-0.4, -0.2) is 116 Å². The molecule has 3 saturated heterocycles.